The zero-order valence-corrected chi connectivity index (χ0v) is 13.9. The van der Waals surface area contributed by atoms with Gasteiger partial charge in [0.1, 0.15) is 17.8 Å². The minimum atomic E-state index is -4.47. The summed E-state index contributed by atoms with van der Waals surface area (Å²) in [6.07, 6.45) is -0.869. The Labute approximate surface area is 146 Å². The summed E-state index contributed by atoms with van der Waals surface area (Å²) in [5.74, 6) is 1.10. The number of nitrogens with zero attached hydrogens (tertiary/aromatic N) is 5. The number of alkyl halides is 3. The topological polar surface area (TPSA) is 80.5 Å². The molecule has 26 heavy (non-hydrogen) atoms. The van der Waals surface area contributed by atoms with E-state index < -0.39 is 11.9 Å². The Morgan fingerprint density at radius 2 is 2.08 bits per heavy atom. The molecule has 4 heterocycles. The molecule has 0 bridgehead atoms. The average molecular weight is 363 g/mol. The first-order valence-corrected chi connectivity index (χ1v) is 8.12. The Hall–Kier alpha value is -2.75. The second-order valence-corrected chi connectivity index (χ2v) is 6.15. The summed E-state index contributed by atoms with van der Waals surface area (Å²) in [4.78, 5) is 16.6. The molecule has 1 aliphatic rings. The number of aryl methyl sites for hydroxylation is 1. The third-order valence-electron chi connectivity index (χ3n) is 4.37. The third kappa shape index (κ3) is 2.96. The van der Waals surface area contributed by atoms with Crippen LogP contribution in [0.15, 0.2) is 24.7 Å². The first-order valence-electron chi connectivity index (χ1n) is 8.12. The van der Waals surface area contributed by atoms with Crippen LogP contribution in [0.5, 0.6) is 0 Å². The van der Waals surface area contributed by atoms with Crippen molar-refractivity contribution in [3.63, 3.8) is 0 Å². The van der Waals surface area contributed by atoms with Gasteiger partial charge in [0, 0.05) is 31.4 Å². The number of nitrogens with one attached hydrogen (secondary N) is 2. The van der Waals surface area contributed by atoms with Gasteiger partial charge in [0.2, 0.25) is 0 Å². The van der Waals surface area contributed by atoms with Gasteiger partial charge in [0.05, 0.1) is 0 Å². The van der Waals surface area contributed by atoms with Crippen LogP contribution >= 0.6 is 0 Å². The standard InChI is InChI=1S/C16H16F3N7/c1-26-14(9-2-3-11(21-6-9)16(17,18)19)25-12-13(22-8-23-15(12)26)24-10-4-5-20-7-10/h2-3,6,8,10,20H,4-5,7H2,1H3,(H,22,23,24). The number of hydrogen-bond acceptors (Lipinski definition) is 6. The van der Waals surface area contributed by atoms with E-state index in [0.29, 0.717) is 28.4 Å². The van der Waals surface area contributed by atoms with Crippen LogP contribution in [-0.2, 0) is 13.2 Å². The van der Waals surface area contributed by atoms with E-state index in [1.54, 1.807) is 11.6 Å². The molecule has 10 heteroatoms. The summed E-state index contributed by atoms with van der Waals surface area (Å²) in [6.45, 7) is 1.78. The maximum atomic E-state index is 12.7. The monoisotopic (exact) mass is 363 g/mol. The number of halogens is 3. The smallest absolute Gasteiger partial charge is 0.364 e. The molecule has 4 rings (SSSR count). The molecule has 136 valence electrons. The fourth-order valence-electron chi connectivity index (χ4n) is 3.03. The molecule has 1 aliphatic heterocycles. The van der Waals surface area contributed by atoms with E-state index in [9.17, 15) is 13.2 Å². The minimum Gasteiger partial charge on any atom is -0.364 e. The molecule has 3 aromatic heterocycles. The predicted octanol–water partition coefficient (Wildman–Crippen LogP) is 2.22. The molecule has 0 spiro atoms. The van der Waals surface area contributed by atoms with Crippen molar-refractivity contribution in [2.24, 2.45) is 7.05 Å². The quantitative estimate of drug-likeness (QED) is 0.743. The van der Waals surface area contributed by atoms with Gasteiger partial charge in [-0.15, -0.1) is 0 Å². The van der Waals surface area contributed by atoms with Crippen molar-refractivity contribution in [2.75, 3.05) is 18.4 Å². The molecule has 1 fully saturated rings. The van der Waals surface area contributed by atoms with Gasteiger partial charge < -0.3 is 15.2 Å². The molecule has 2 N–H and O–H groups in total. The third-order valence-corrected chi connectivity index (χ3v) is 4.37. The first kappa shape index (κ1) is 16.7. The SMILES string of the molecule is Cn1c(-c2ccc(C(F)(F)F)nc2)nc2c(NC3CCNC3)ncnc21. The van der Waals surface area contributed by atoms with Gasteiger partial charge >= 0.3 is 6.18 Å². The van der Waals surface area contributed by atoms with Crippen LogP contribution in [0.4, 0.5) is 19.0 Å². The van der Waals surface area contributed by atoms with Crippen LogP contribution in [0.1, 0.15) is 12.1 Å². The second-order valence-electron chi connectivity index (χ2n) is 6.15. The Kier molecular flexibility index (Phi) is 3.98. The number of imidazole rings is 1. The lowest BCUT2D eigenvalue weighted by atomic mass is 10.2. The predicted molar refractivity (Wildman–Crippen MR) is 89.4 cm³/mol. The first-order chi connectivity index (χ1) is 12.4. The highest BCUT2D eigenvalue weighted by atomic mass is 19.4. The van der Waals surface area contributed by atoms with E-state index >= 15 is 0 Å². The maximum Gasteiger partial charge on any atom is 0.433 e. The zero-order chi connectivity index (χ0) is 18.3. The molecule has 0 saturated carbocycles. The number of hydrogen-bond donors (Lipinski definition) is 2. The Bertz CT molecular complexity index is 927. The van der Waals surface area contributed by atoms with Crippen molar-refractivity contribution >= 4 is 17.0 Å². The highest BCUT2D eigenvalue weighted by Crippen LogP contribution is 2.30. The van der Waals surface area contributed by atoms with Crippen LogP contribution in [-0.4, -0.2) is 43.6 Å². The van der Waals surface area contributed by atoms with Gasteiger partial charge in [-0.25, -0.2) is 15.0 Å². The van der Waals surface area contributed by atoms with Gasteiger partial charge in [0.25, 0.3) is 0 Å². The van der Waals surface area contributed by atoms with E-state index in [0.717, 1.165) is 25.6 Å². The molecule has 7 nitrogen and oxygen atoms in total. The molecule has 3 aromatic rings. The van der Waals surface area contributed by atoms with E-state index in [-0.39, 0.29) is 6.04 Å². The van der Waals surface area contributed by atoms with Gasteiger partial charge in [-0.2, -0.15) is 13.2 Å². The van der Waals surface area contributed by atoms with Crippen LogP contribution in [0.3, 0.4) is 0 Å². The molecule has 0 aliphatic carbocycles. The average Bonchev–Trinajstić information content (AvgIpc) is 3.23. The summed E-state index contributed by atoms with van der Waals surface area (Å²) >= 11 is 0. The second kappa shape index (κ2) is 6.20. The van der Waals surface area contributed by atoms with Crippen molar-refractivity contribution in [2.45, 2.75) is 18.6 Å². The lowest BCUT2D eigenvalue weighted by Crippen LogP contribution is -2.22. The van der Waals surface area contributed by atoms with Gasteiger partial charge in [0.15, 0.2) is 17.0 Å². The molecule has 0 aromatic carbocycles. The van der Waals surface area contributed by atoms with E-state index in [1.807, 2.05) is 0 Å². The number of pyridine rings is 1. The van der Waals surface area contributed by atoms with Crippen LogP contribution in [0.2, 0.25) is 0 Å². The molecule has 1 unspecified atom stereocenters. The van der Waals surface area contributed by atoms with Gasteiger partial charge in [-0.3, -0.25) is 4.98 Å². The number of aromatic nitrogens is 5. The molecular weight excluding hydrogens is 347 g/mol. The highest BCUT2D eigenvalue weighted by Gasteiger charge is 2.32. The summed E-state index contributed by atoms with van der Waals surface area (Å²) in [5.41, 5.74) is 0.725. The van der Waals surface area contributed by atoms with E-state index in [1.165, 1.54) is 18.6 Å². The highest BCUT2D eigenvalue weighted by molar-refractivity contribution is 5.86. The number of anilines is 1. The Morgan fingerprint density at radius 1 is 1.23 bits per heavy atom. The molecule has 0 radical (unpaired) electrons. The number of fused-ring (bicyclic) bond motifs is 1. The normalized spacial score (nSPS) is 17.8. The fourth-order valence-corrected chi connectivity index (χ4v) is 3.03. The van der Waals surface area contributed by atoms with Gasteiger partial charge in [-0.1, -0.05) is 0 Å². The summed E-state index contributed by atoms with van der Waals surface area (Å²) < 4.78 is 39.8. The summed E-state index contributed by atoms with van der Waals surface area (Å²) in [5, 5.41) is 6.62. The van der Waals surface area contributed by atoms with Crippen molar-refractivity contribution < 1.29 is 13.2 Å². The summed E-state index contributed by atoms with van der Waals surface area (Å²) in [7, 11) is 1.76. The lowest BCUT2D eigenvalue weighted by Gasteiger charge is -2.11. The van der Waals surface area contributed by atoms with E-state index in [4.69, 9.17) is 0 Å². The van der Waals surface area contributed by atoms with Crippen LogP contribution in [0.25, 0.3) is 22.6 Å². The van der Waals surface area contributed by atoms with E-state index in [2.05, 4.69) is 30.6 Å². The van der Waals surface area contributed by atoms with Crippen LogP contribution < -0.4 is 10.6 Å². The zero-order valence-electron chi connectivity index (χ0n) is 13.9. The Balaban J connectivity index is 1.73. The minimum absolute atomic E-state index is 0.256. The molecular formula is C16H16F3N7. The van der Waals surface area contributed by atoms with Crippen LogP contribution in [0, 0.1) is 0 Å². The van der Waals surface area contributed by atoms with Gasteiger partial charge in [-0.05, 0) is 25.1 Å². The van der Waals surface area contributed by atoms with Crippen molar-refractivity contribution in [3.8, 4) is 11.4 Å². The Morgan fingerprint density at radius 3 is 2.73 bits per heavy atom. The van der Waals surface area contributed by atoms with Crippen molar-refractivity contribution in [3.05, 3.63) is 30.4 Å². The van der Waals surface area contributed by atoms with Crippen molar-refractivity contribution in [1.29, 1.82) is 0 Å². The maximum absolute atomic E-state index is 12.7. The molecule has 1 saturated heterocycles. The number of rotatable bonds is 3. The fraction of sp³-hybridized carbons (Fsp3) is 0.375. The summed E-state index contributed by atoms with van der Waals surface area (Å²) in [6, 6.07) is 2.56. The van der Waals surface area contributed by atoms with Crippen molar-refractivity contribution in [1.82, 2.24) is 29.8 Å². The lowest BCUT2D eigenvalue weighted by molar-refractivity contribution is -0.141. The molecule has 0 amide bonds. The largest absolute Gasteiger partial charge is 0.433 e. The molecule has 1 atom stereocenters.